The first-order valence-electron chi connectivity index (χ1n) is 11.9. The van der Waals surface area contributed by atoms with Crippen molar-refractivity contribution in [1.29, 1.82) is 0 Å². The Morgan fingerprint density at radius 2 is 1.80 bits per heavy atom. The number of carboxylic acid groups (broad SMARTS) is 1. The molecule has 1 aliphatic heterocycles. The maximum atomic E-state index is 12.9. The number of nitrogens with one attached hydrogen (secondary N) is 1. The number of hydrogen-bond donors (Lipinski definition) is 2. The van der Waals surface area contributed by atoms with E-state index in [9.17, 15) is 19.2 Å². The number of rotatable bonds is 7. The van der Waals surface area contributed by atoms with Crippen LogP contribution < -0.4 is 5.56 Å². The van der Waals surface area contributed by atoms with E-state index in [0.717, 1.165) is 5.56 Å². The molecule has 8 heteroatoms. The normalized spacial score (nSPS) is 15.2. The number of aryl methyl sites for hydroxylation is 1. The number of carbonyl (C=O) groups is 3. The zero-order valence-electron chi connectivity index (χ0n) is 19.9. The van der Waals surface area contributed by atoms with Crippen LogP contribution in [0.3, 0.4) is 0 Å². The molecule has 2 N–H and O–H groups in total. The van der Waals surface area contributed by atoms with Crippen LogP contribution in [-0.2, 0) is 11.2 Å². The number of piperidine rings is 1. The van der Waals surface area contributed by atoms with Crippen LogP contribution in [-0.4, -0.2) is 50.7 Å². The van der Waals surface area contributed by atoms with Gasteiger partial charge in [-0.1, -0.05) is 31.2 Å². The number of amides is 1. The van der Waals surface area contributed by atoms with E-state index in [-0.39, 0.29) is 34.6 Å². The van der Waals surface area contributed by atoms with Gasteiger partial charge in [0.1, 0.15) is 5.82 Å². The summed E-state index contributed by atoms with van der Waals surface area (Å²) in [6.45, 7) is 4.87. The molecule has 182 valence electrons. The molecule has 35 heavy (non-hydrogen) atoms. The molecular formula is C27H29N3O5. The molecule has 0 bridgehead atoms. The van der Waals surface area contributed by atoms with E-state index in [1.807, 2.05) is 26.0 Å². The number of para-hydroxylation sites is 1. The highest BCUT2D eigenvalue weighted by Gasteiger charge is 2.29. The summed E-state index contributed by atoms with van der Waals surface area (Å²) >= 11 is 0. The SMILES string of the molecule is Cc1cccc2c(=O)[nH]c(C[C@@H](C)CC(=O)N3CCC(C(=O)c4cccc(C(=O)O)c4)CC3)nc12. The second-order valence-corrected chi connectivity index (χ2v) is 9.40. The van der Waals surface area contributed by atoms with Gasteiger partial charge in [-0.15, -0.1) is 0 Å². The minimum atomic E-state index is -1.06. The summed E-state index contributed by atoms with van der Waals surface area (Å²) in [5.41, 5.74) is 1.94. The molecule has 2 aromatic carbocycles. The molecule has 0 saturated carbocycles. The Kier molecular flexibility index (Phi) is 7.10. The average Bonchev–Trinajstić information content (AvgIpc) is 2.84. The van der Waals surface area contributed by atoms with Crippen LogP contribution in [0.2, 0.25) is 0 Å². The number of carboxylic acids is 1. The third kappa shape index (κ3) is 5.48. The number of aromatic nitrogens is 2. The number of benzene rings is 2. The Bertz CT molecular complexity index is 1340. The van der Waals surface area contributed by atoms with Gasteiger partial charge in [0.05, 0.1) is 16.5 Å². The Labute approximate surface area is 203 Å². The van der Waals surface area contributed by atoms with Crippen LogP contribution in [0.5, 0.6) is 0 Å². The summed E-state index contributed by atoms with van der Waals surface area (Å²) in [5, 5.41) is 9.72. The Balaban J connectivity index is 1.33. The number of hydrogen-bond acceptors (Lipinski definition) is 5. The Morgan fingerprint density at radius 1 is 1.11 bits per heavy atom. The van der Waals surface area contributed by atoms with Crippen molar-refractivity contribution in [3.8, 4) is 0 Å². The molecule has 1 atom stereocenters. The van der Waals surface area contributed by atoms with E-state index >= 15 is 0 Å². The number of nitrogens with zero attached hydrogens (tertiary/aromatic N) is 2. The molecule has 1 aromatic heterocycles. The van der Waals surface area contributed by atoms with Crippen molar-refractivity contribution in [2.45, 2.75) is 39.5 Å². The highest BCUT2D eigenvalue weighted by Crippen LogP contribution is 2.24. The van der Waals surface area contributed by atoms with Gasteiger partial charge in [0, 0.05) is 37.4 Å². The van der Waals surface area contributed by atoms with E-state index in [0.29, 0.717) is 61.1 Å². The topological polar surface area (TPSA) is 120 Å². The molecule has 8 nitrogen and oxygen atoms in total. The lowest BCUT2D eigenvalue weighted by molar-refractivity contribution is -0.133. The third-order valence-corrected chi connectivity index (χ3v) is 6.66. The van der Waals surface area contributed by atoms with Crippen molar-refractivity contribution < 1.29 is 19.5 Å². The van der Waals surface area contributed by atoms with Crippen LogP contribution in [0.25, 0.3) is 10.9 Å². The maximum absolute atomic E-state index is 12.9. The molecule has 0 aliphatic carbocycles. The highest BCUT2D eigenvalue weighted by atomic mass is 16.4. The zero-order valence-corrected chi connectivity index (χ0v) is 19.9. The average molecular weight is 476 g/mol. The first-order valence-corrected chi connectivity index (χ1v) is 11.9. The number of H-pyrrole nitrogens is 1. The lowest BCUT2D eigenvalue weighted by atomic mass is 9.88. The summed E-state index contributed by atoms with van der Waals surface area (Å²) in [5.74, 6) is -0.774. The van der Waals surface area contributed by atoms with E-state index < -0.39 is 5.97 Å². The van der Waals surface area contributed by atoms with Crippen molar-refractivity contribution >= 4 is 28.6 Å². The van der Waals surface area contributed by atoms with Gasteiger partial charge in [-0.2, -0.15) is 0 Å². The van der Waals surface area contributed by atoms with Crippen molar-refractivity contribution in [2.75, 3.05) is 13.1 Å². The lowest BCUT2D eigenvalue weighted by Gasteiger charge is -2.32. The van der Waals surface area contributed by atoms with Gasteiger partial charge in [0.15, 0.2) is 5.78 Å². The molecule has 0 radical (unpaired) electrons. The Hall–Kier alpha value is -3.81. The molecule has 1 aliphatic rings. The lowest BCUT2D eigenvalue weighted by Crippen LogP contribution is -2.41. The van der Waals surface area contributed by atoms with E-state index in [1.54, 1.807) is 23.1 Å². The van der Waals surface area contributed by atoms with Crippen molar-refractivity contribution in [1.82, 2.24) is 14.9 Å². The molecule has 0 spiro atoms. The predicted octanol–water partition coefficient (Wildman–Crippen LogP) is 3.62. The fourth-order valence-electron chi connectivity index (χ4n) is 4.71. The van der Waals surface area contributed by atoms with E-state index in [2.05, 4.69) is 9.97 Å². The van der Waals surface area contributed by atoms with Gasteiger partial charge in [0.2, 0.25) is 5.91 Å². The molecule has 1 amide bonds. The molecule has 2 heterocycles. The van der Waals surface area contributed by atoms with Gasteiger partial charge in [-0.3, -0.25) is 14.4 Å². The number of likely N-dealkylation sites (tertiary alicyclic amines) is 1. The van der Waals surface area contributed by atoms with Crippen LogP contribution in [0.1, 0.15) is 58.3 Å². The van der Waals surface area contributed by atoms with E-state index in [4.69, 9.17) is 5.11 Å². The van der Waals surface area contributed by atoms with E-state index in [1.165, 1.54) is 12.1 Å². The molecule has 0 unspecified atom stereocenters. The number of ketones is 1. The number of aromatic amines is 1. The summed E-state index contributed by atoms with van der Waals surface area (Å²) in [7, 11) is 0. The van der Waals surface area contributed by atoms with Crippen LogP contribution >= 0.6 is 0 Å². The van der Waals surface area contributed by atoms with Gasteiger partial charge in [0.25, 0.3) is 5.56 Å². The zero-order chi connectivity index (χ0) is 25.1. The van der Waals surface area contributed by atoms with Crippen molar-refractivity contribution in [3.63, 3.8) is 0 Å². The second kappa shape index (κ2) is 10.2. The van der Waals surface area contributed by atoms with Crippen LogP contribution in [0.4, 0.5) is 0 Å². The van der Waals surface area contributed by atoms with Crippen molar-refractivity contribution in [2.24, 2.45) is 11.8 Å². The maximum Gasteiger partial charge on any atom is 0.335 e. The second-order valence-electron chi connectivity index (χ2n) is 9.40. The quantitative estimate of drug-likeness (QED) is 0.504. The summed E-state index contributed by atoms with van der Waals surface area (Å²) in [6.07, 6.45) is 1.92. The third-order valence-electron chi connectivity index (χ3n) is 6.66. The minimum absolute atomic E-state index is 0.00904. The monoisotopic (exact) mass is 475 g/mol. The molecular weight excluding hydrogens is 446 g/mol. The highest BCUT2D eigenvalue weighted by molar-refractivity contribution is 6.00. The fourth-order valence-corrected chi connectivity index (χ4v) is 4.71. The molecule has 1 saturated heterocycles. The summed E-state index contributed by atoms with van der Waals surface area (Å²) in [6, 6.07) is 11.6. The summed E-state index contributed by atoms with van der Waals surface area (Å²) < 4.78 is 0. The minimum Gasteiger partial charge on any atom is -0.478 e. The summed E-state index contributed by atoms with van der Waals surface area (Å²) in [4.78, 5) is 58.6. The van der Waals surface area contributed by atoms with Gasteiger partial charge >= 0.3 is 5.97 Å². The predicted molar refractivity (Wildman–Crippen MR) is 132 cm³/mol. The molecule has 4 rings (SSSR count). The number of carbonyl (C=O) groups excluding carboxylic acids is 2. The molecule has 1 fully saturated rings. The number of aromatic carboxylic acids is 1. The van der Waals surface area contributed by atoms with Gasteiger partial charge in [-0.05, 0) is 49.4 Å². The Morgan fingerprint density at radius 3 is 2.51 bits per heavy atom. The number of Topliss-reactive ketones (excluding diaryl/α,β-unsaturated/α-hetero) is 1. The molecule has 3 aromatic rings. The van der Waals surface area contributed by atoms with Crippen molar-refractivity contribution in [3.05, 3.63) is 75.3 Å². The van der Waals surface area contributed by atoms with Gasteiger partial charge in [-0.25, -0.2) is 9.78 Å². The van der Waals surface area contributed by atoms with Crippen LogP contribution in [0.15, 0.2) is 47.3 Å². The number of fused-ring (bicyclic) bond motifs is 1. The first kappa shape index (κ1) is 24.3. The first-order chi connectivity index (χ1) is 16.7. The van der Waals surface area contributed by atoms with Gasteiger partial charge < -0.3 is 15.0 Å². The standard InChI is InChI=1S/C27H29N3O5/c1-16(13-22-28-24-17(2)5-3-8-21(24)26(33)29-22)14-23(31)30-11-9-18(10-12-30)25(32)19-6-4-7-20(15-19)27(34)35/h3-8,15-16,18H,9-14H2,1-2H3,(H,34,35)(H,28,29,33)/t16-/m1/s1. The largest absolute Gasteiger partial charge is 0.478 e. The van der Waals surface area contributed by atoms with Crippen LogP contribution in [0, 0.1) is 18.8 Å². The fraction of sp³-hybridized carbons (Fsp3) is 0.370. The smallest absolute Gasteiger partial charge is 0.335 e.